The summed E-state index contributed by atoms with van der Waals surface area (Å²) in [4.78, 5) is 31.0. The number of rotatable bonds is 11. The van der Waals surface area contributed by atoms with E-state index in [9.17, 15) is 9.13 Å². The van der Waals surface area contributed by atoms with Crippen LogP contribution in [0.25, 0.3) is 0 Å². The number of phosphoric acid groups is 2. The third-order valence-electron chi connectivity index (χ3n) is 2.57. The van der Waals surface area contributed by atoms with Crippen molar-refractivity contribution in [3.8, 4) is 0 Å². The number of unbranched alkanes of at least 4 members (excludes halogenated alkanes) is 9. The zero-order valence-electron chi connectivity index (χ0n) is 13.7. The molecule has 0 saturated heterocycles. The molecule has 0 aromatic heterocycles. The molecule has 0 atom stereocenters. The Kier molecular flexibility index (Phi) is 21.8. The van der Waals surface area contributed by atoms with E-state index >= 15 is 0 Å². The van der Waals surface area contributed by atoms with E-state index in [4.69, 9.17) is 19.6 Å². The fourth-order valence-corrected chi connectivity index (χ4v) is 2.73. The van der Waals surface area contributed by atoms with Crippen molar-refractivity contribution in [2.75, 3.05) is 0 Å². The van der Waals surface area contributed by atoms with E-state index in [1.54, 1.807) is 0 Å². The molecule has 0 bridgehead atoms. The van der Waals surface area contributed by atoms with Crippen molar-refractivity contribution in [2.45, 2.75) is 71.1 Å². The molecule has 0 fully saturated rings. The molecule has 0 aliphatic carbocycles. The van der Waals surface area contributed by atoms with Crippen LogP contribution in [-0.2, 0) is 13.4 Å². The zero-order chi connectivity index (χ0) is 16.8. The summed E-state index contributed by atoms with van der Waals surface area (Å²) in [7, 11) is -10.1. The zero-order valence-corrected chi connectivity index (χ0v) is 17.5. The predicted molar refractivity (Wildman–Crippen MR) is 82.4 cm³/mol. The molecule has 0 rings (SSSR count). The van der Waals surface area contributed by atoms with E-state index < -0.39 is 15.6 Å². The van der Waals surface area contributed by atoms with E-state index in [1.807, 2.05) is 0 Å². The fraction of sp³-hybridized carbons (Fsp3) is 0.917. The average Bonchev–Trinajstić information content (AvgIpc) is 2.29. The van der Waals surface area contributed by atoms with E-state index in [1.165, 1.54) is 57.8 Å². The van der Waals surface area contributed by atoms with E-state index in [2.05, 4.69) is 18.2 Å². The maximum absolute atomic E-state index is 9.63. The Hall–Kier alpha value is 1.26. The number of hydrogen-bond donors (Lipinski definition) is 4. The molecule has 0 saturated carbocycles. The summed E-state index contributed by atoms with van der Waals surface area (Å²) in [6, 6.07) is 0. The molecule has 0 aliphatic heterocycles. The van der Waals surface area contributed by atoms with Gasteiger partial charge in [0.2, 0.25) is 0 Å². The Labute approximate surface area is 156 Å². The molecule has 0 aliphatic rings. The third kappa shape index (κ3) is 33.0. The maximum Gasteiger partial charge on any atom is 1.00 e. The summed E-state index contributed by atoms with van der Waals surface area (Å²) in [5.41, 5.74) is 0. The van der Waals surface area contributed by atoms with Gasteiger partial charge < -0.3 is 26.5 Å². The van der Waals surface area contributed by atoms with Gasteiger partial charge in [0.1, 0.15) is 0 Å². The van der Waals surface area contributed by atoms with Gasteiger partial charge in [0.25, 0.3) is 0 Å². The van der Waals surface area contributed by atoms with Crippen molar-refractivity contribution >= 4 is 15.6 Å². The molecular weight excluding hydrogens is 341 g/mol. The first-order valence-electron chi connectivity index (χ1n) is 7.24. The predicted octanol–water partition coefficient (Wildman–Crippen LogP) is 0.934. The first-order chi connectivity index (χ1) is 9.62. The second-order valence-corrected chi connectivity index (χ2v) is 7.36. The van der Waals surface area contributed by atoms with Gasteiger partial charge in [-0.25, -0.2) is 9.13 Å². The van der Waals surface area contributed by atoms with Crippen LogP contribution in [0.4, 0.5) is 0 Å². The second-order valence-electron chi connectivity index (χ2n) is 4.74. The Morgan fingerprint density at radius 3 is 1.32 bits per heavy atom. The number of hydrogen-bond acceptors (Lipinski definition) is 3. The van der Waals surface area contributed by atoms with Gasteiger partial charge in [-0.2, -0.15) is 10.7 Å². The molecule has 0 spiro atoms. The Morgan fingerprint density at radius 2 is 1.09 bits per heavy atom. The molecule has 0 heterocycles. The standard InChI is InChI=1S/C12H25.Na.H4O7P2/c1-3-5-7-9-11-12-10-8-6-4-2;;1-8(2,3)7-9(4,5)6/h1,3-12H2,2H3;;(H2,1,2,3)(H2,4,5,6)/q-1;+1;. The van der Waals surface area contributed by atoms with Gasteiger partial charge >= 0.3 is 45.2 Å². The van der Waals surface area contributed by atoms with Crippen LogP contribution in [0.3, 0.4) is 0 Å². The molecule has 10 heteroatoms. The molecule has 130 valence electrons. The average molecular weight is 370 g/mol. The van der Waals surface area contributed by atoms with E-state index in [0.717, 1.165) is 6.42 Å². The SMILES string of the molecule is O=P(O)(O)OP(=O)(O)O.[CH2-]CCCCCCCCCCC.[Na+]. The molecule has 0 aromatic carbocycles. The maximum atomic E-state index is 9.63. The van der Waals surface area contributed by atoms with Crippen LogP contribution in [0, 0.1) is 6.92 Å². The van der Waals surface area contributed by atoms with Gasteiger partial charge in [0.15, 0.2) is 0 Å². The van der Waals surface area contributed by atoms with Crippen LogP contribution in [-0.4, -0.2) is 19.6 Å². The summed E-state index contributed by atoms with van der Waals surface area (Å²) in [5, 5.41) is 0. The van der Waals surface area contributed by atoms with Crippen LogP contribution < -0.4 is 29.6 Å². The first-order valence-corrected chi connectivity index (χ1v) is 10.3. The van der Waals surface area contributed by atoms with Crippen LogP contribution >= 0.6 is 15.6 Å². The topological polar surface area (TPSA) is 124 Å². The fourth-order valence-electron chi connectivity index (χ4n) is 1.63. The summed E-state index contributed by atoms with van der Waals surface area (Å²) < 4.78 is 22.2. The van der Waals surface area contributed by atoms with Crippen molar-refractivity contribution in [1.29, 1.82) is 0 Å². The molecular formula is C12H29NaO7P2. The molecule has 7 nitrogen and oxygen atoms in total. The van der Waals surface area contributed by atoms with Crippen molar-refractivity contribution in [1.82, 2.24) is 0 Å². The minimum atomic E-state index is -5.05. The Bertz CT molecular complexity index is 287. The largest absolute Gasteiger partial charge is 1.00 e. The van der Waals surface area contributed by atoms with E-state index in [0.29, 0.717) is 0 Å². The van der Waals surface area contributed by atoms with Crippen molar-refractivity contribution < 1.29 is 62.6 Å². The quantitative estimate of drug-likeness (QED) is 0.185. The molecule has 0 aromatic rings. The minimum absolute atomic E-state index is 0. The van der Waals surface area contributed by atoms with Crippen LogP contribution in [0.5, 0.6) is 0 Å². The van der Waals surface area contributed by atoms with Gasteiger partial charge in [-0.1, -0.05) is 64.7 Å². The van der Waals surface area contributed by atoms with E-state index in [-0.39, 0.29) is 29.6 Å². The van der Waals surface area contributed by atoms with Gasteiger partial charge in [0, 0.05) is 0 Å². The van der Waals surface area contributed by atoms with Crippen LogP contribution in [0.1, 0.15) is 71.1 Å². The van der Waals surface area contributed by atoms with Gasteiger partial charge in [-0.15, -0.1) is 0 Å². The Morgan fingerprint density at radius 1 is 0.773 bits per heavy atom. The second kappa shape index (κ2) is 17.1. The third-order valence-corrected chi connectivity index (χ3v) is 4.27. The molecule has 4 N–H and O–H groups in total. The molecule has 0 amide bonds. The molecule has 22 heavy (non-hydrogen) atoms. The minimum Gasteiger partial charge on any atom is -0.343 e. The van der Waals surface area contributed by atoms with Crippen molar-refractivity contribution in [3.05, 3.63) is 6.92 Å². The summed E-state index contributed by atoms with van der Waals surface area (Å²) in [5.74, 6) is 0. The summed E-state index contributed by atoms with van der Waals surface area (Å²) in [6.45, 7) is 6.12. The smallest absolute Gasteiger partial charge is 0.343 e. The first kappa shape index (κ1) is 28.1. The van der Waals surface area contributed by atoms with Crippen molar-refractivity contribution in [2.24, 2.45) is 0 Å². The van der Waals surface area contributed by atoms with Crippen LogP contribution in [0.15, 0.2) is 0 Å². The van der Waals surface area contributed by atoms with Crippen LogP contribution in [0.2, 0.25) is 0 Å². The molecule has 0 radical (unpaired) electrons. The summed E-state index contributed by atoms with van der Waals surface area (Å²) in [6.07, 6.45) is 13.9. The van der Waals surface area contributed by atoms with Crippen molar-refractivity contribution in [3.63, 3.8) is 0 Å². The van der Waals surface area contributed by atoms with Gasteiger partial charge in [0.05, 0.1) is 0 Å². The monoisotopic (exact) mass is 370 g/mol. The normalized spacial score (nSPS) is 11.4. The molecule has 0 unspecified atom stereocenters. The van der Waals surface area contributed by atoms with Gasteiger partial charge in [-0.3, -0.25) is 0 Å². The van der Waals surface area contributed by atoms with Gasteiger partial charge in [-0.05, 0) is 0 Å². The summed E-state index contributed by atoms with van der Waals surface area (Å²) >= 11 is 0. The Balaban J connectivity index is -0.000000326.